The van der Waals surface area contributed by atoms with Crippen molar-refractivity contribution < 1.29 is 14.3 Å². The maximum Gasteiger partial charge on any atom is 0.261 e. The summed E-state index contributed by atoms with van der Waals surface area (Å²) in [5.41, 5.74) is 1.93. The molecule has 0 radical (unpaired) electrons. The quantitative estimate of drug-likeness (QED) is 0.317. The van der Waals surface area contributed by atoms with Crippen molar-refractivity contribution in [3.8, 4) is 5.75 Å². The van der Waals surface area contributed by atoms with Gasteiger partial charge in [0, 0.05) is 28.5 Å². The fraction of sp³-hybridized carbons (Fsp3) is 0.310. The van der Waals surface area contributed by atoms with Crippen LogP contribution < -0.4 is 10.1 Å². The molecule has 1 aliphatic rings. The third kappa shape index (κ3) is 7.58. The molecular formula is C29H30BrClN2O3. The maximum atomic E-state index is 13.6. The lowest BCUT2D eigenvalue weighted by molar-refractivity contribution is -0.143. The Bertz CT molecular complexity index is 1130. The first-order valence-corrected chi connectivity index (χ1v) is 13.4. The molecule has 0 aromatic heterocycles. The molecule has 4 rings (SSSR count). The van der Waals surface area contributed by atoms with Gasteiger partial charge in [-0.25, -0.2) is 0 Å². The zero-order valence-corrected chi connectivity index (χ0v) is 22.4. The summed E-state index contributed by atoms with van der Waals surface area (Å²) in [5.74, 6) is 0.171. The summed E-state index contributed by atoms with van der Waals surface area (Å²) >= 11 is 9.44. The van der Waals surface area contributed by atoms with Crippen LogP contribution in [0, 0.1) is 0 Å². The number of hydrogen-bond acceptors (Lipinski definition) is 3. The molecule has 1 atom stereocenters. The molecule has 2 amide bonds. The molecule has 5 nitrogen and oxygen atoms in total. The second-order valence-corrected chi connectivity index (χ2v) is 10.4. The highest BCUT2D eigenvalue weighted by molar-refractivity contribution is 9.10. The molecule has 188 valence electrons. The number of nitrogens with one attached hydrogen (secondary N) is 1. The molecule has 7 heteroatoms. The minimum atomic E-state index is -0.669. The van der Waals surface area contributed by atoms with Crippen LogP contribution in [0.2, 0.25) is 5.02 Å². The van der Waals surface area contributed by atoms with Gasteiger partial charge in [0.1, 0.15) is 11.8 Å². The summed E-state index contributed by atoms with van der Waals surface area (Å²) in [6.07, 6.45) is 4.60. The Hall–Kier alpha value is -2.83. The molecule has 36 heavy (non-hydrogen) atoms. The molecule has 3 aromatic carbocycles. The fourth-order valence-electron chi connectivity index (χ4n) is 4.47. The van der Waals surface area contributed by atoms with Gasteiger partial charge in [-0.3, -0.25) is 9.59 Å². The number of amides is 2. The highest BCUT2D eigenvalue weighted by atomic mass is 79.9. The Morgan fingerprint density at radius 3 is 2.28 bits per heavy atom. The smallest absolute Gasteiger partial charge is 0.261 e. The summed E-state index contributed by atoms with van der Waals surface area (Å²) in [6, 6.07) is 24.0. The van der Waals surface area contributed by atoms with Gasteiger partial charge in [0.2, 0.25) is 5.91 Å². The lowest BCUT2D eigenvalue weighted by Gasteiger charge is -2.32. The second-order valence-electron chi connectivity index (χ2n) is 9.09. The van der Waals surface area contributed by atoms with Crippen LogP contribution in [0.4, 0.5) is 0 Å². The van der Waals surface area contributed by atoms with E-state index in [0.717, 1.165) is 41.3 Å². The van der Waals surface area contributed by atoms with Gasteiger partial charge in [-0.2, -0.15) is 0 Å². The Balaban J connectivity index is 1.59. The molecular weight excluding hydrogens is 540 g/mol. The van der Waals surface area contributed by atoms with Gasteiger partial charge >= 0.3 is 0 Å². The summed E-state index contributed by atoms with van der Waals surface area (Å²) in [6.45, 7) is 0.117. The summed E-state index contributed by atoms with van der Waals surface area (Å²) in [4.78, 5) is 28.9. The lowest BCUT2D eigenvalue weighted by atomic mass is 10.0. The van der Waals surface area contributed by atoms with Crippen LogP contribution in [-0.2, 0) is 22.6 Å². The lowest BCUT2D eigenvalue weighted by Crippen LogP contribution is -2.53. The summed E-state index contributed by atoms with van der Waals surface area (Å²) in [7, 11) is 0. The number of nitrogens with zero attached hydrogens (tertiary/aromatic N) is 1. The molecule has 3 aromatic rings. The van der Waals surface area contributed by atoms with Crippen LogP contribution in [0.15, 0.2) is 83.3 Å². The minimum Gasteiger partial charge on any atom is -0.484 e. The van der Waals surface area contributed by atoms with E-state index in [0.29, 0.717) is 23.7 Å². The van der Waals surface area contributed by atoms with E-state index in [2.05, 4.69) is 21.2 Å². The largest absolute Gasteiger partial charge is 0.484 e. The highest BCUT2D eigenvalue weighted by Gasteiger charge is 2.32. The van der Waals surface area contributed by atoms with Crippen LogP contribution in [0.3, 0.4) is 0 Å². The second kappa shape index (κ2) is 12.9. The van der Waals surface area contributed by atoms with Gasteiger partial charge in [-0.1, -0.05) is 82.8 Å². The van der Waals surface area contributed by atoms with Crippen LogP contribution in [0.25, 0.3) is 0 Å². The molecule has 0 aliphatic heterocycles. The predicted molar refractivity (Wildman–Crippen MR) is 146 cm³/mol. The van der Waals surface area contributed by atoms with Crippen molar-refractivity contribution in [1.29, 1.82) is 0 Å². The molecule has 1 fully saturated rings. The fourth-order valence-corrected chi connectivity index (χ4v) is 4.86. The summed E-state index contributed by atoms with van der Waals surface area (Å²) in [5, 5.41) is 3.81. The van der Waals surface area contributed by atoms with E-state index in [1.165, 1.54) is 0 Å². The SMILES string of the molecule is O=C(NC1CCCC1)[C@@H](Cc1ccccc1)N(Cc1ccc(Br)cc1)C(=O)COc1ccc(Cl)cc1. The average Bonchev–Trinajstić information content (AvgIpc) is 3.40. The first kappa shape index (κ1) is 26.2. The minimum absolute atomic E-state index is 0.122. The van der Waals surface area contributed by atoms with Crippen molar-refractivity contribution in [2.45, 2.75) is 50.7 Å². The molecule has 0 heterocycles. The Kier molecular flexibility index (Phi) is 9.42. The number of halogens is 2. The first-order valence-electron chi connectivity index (χ1n) is 12.2. The molecule has 1 N–H and O–H groups in total. The van der Waals surface area contributed by atoms with Gasteiger partial charge < -0.3 is 15.0 Å². The van der Waals surface area contributed by atoms with Gasteiger partial charge in [0.15, 0.2) is 6.61 Å². The monoisotopic (exact) mass is 568 g/mol. The molecule has 0 bridgehead atoms. The third-order valence-corrected chi connectivity index (χ3v) is 7.20. The highest BCUT2D eigenvalue weighted by Crippen LogP contribution is 2.21. The van der Waals surface area contributed by atoms with Crippen LogP contribution in [-0.4, -0.2) is 35.4 Å². The predicted octanol–water partition coefficient (Wildman–Crippen LogP) is 6.18. The Morgan fingerprint density at radius 1 is 0.944 bits per heavy atom. The zero-order chi connectivity index (χ0) is 25.3. The molecule has 0 spiro atoms. The van der Waals surface area contributed by atoms with E-state index in [4.69, 9.17) is 16.3 Å². The van der Waals surface area contributed by atoms with Crippen molar-refractivity contribution in [3.05, 3.63) is 99.5 Å². The average molecular weight is 570 g/mol. The summed E-state index contributed by atoms with van der Waals surface area (Å²) < 4.78 is 6.74. The van der Waals surface area contributed by atoms with Gasteiger partial charge in [0.05, 0.1) is 0 Å². The van der Waals surface area contributed by atoms with Gasteiger partial charge in [-0.05, 0) is 60.4 Å². The number of benzene rings is 3. The van der Waals surface area contributed by atoms with Crippen LogP contribution in [0.5, 0.6) is 5.75 Å². The van der Waals surface area contributed by atoms with E-state index >= 15 is 0 Å². The van der Waals surface area contributed by atoms with Crippen molar-refractivity contribution in [2.75, 3.05) is 6.61 Å². The first-order chi connectivity index (χ1) is 17.5. The molecule has 0 unspecified atom stereocenters. The van der Waals surface area contributed by atoms with E-state index < -0.39 is 6.04 Å². The normalized spacial score (nSPS) is 14.3. The number of carbonyl (C=O) groups excluding carboxylic acids is 2. The molecule has 1 saturated carbocycles. The Morgan fingerprint density at radius 2 is 1.61 bits per heavy atom. The third-order valence-electron chi connectivity index (χ3n) is 6.41. The number of ether oxygens (including phenoxy) is 1. The topological polar surface area (TPSA) is 58.6 Å². The van der Waals surface area contributed by atoms with E-state index in [9.17, 15) is 9.59 Å². The Labute approximate surface area is 225 Å². The molecule has 1 aliphatic carbocycles. The van der Waals surface area contributed by atoms with Crippen molar-refractivity contribution in [3.63, 3.8) is 0 Å². The number of rotatable bonds is 10. The van der Waals surface area contributed by atoms with Crippen molar-refractivity contribution >= 4 is 39.3 Å². The number of carbonyl (C=O) groups is 2. The van der Waals surface area contributed by atoms with E-state index in [1.807, 2.05) is 54.6 Å². The zero-order valence-electron chi connectivity index (χ0n) is 20.0. The number of hydrogen-bond donors (Lipinski definition) is 1. The van der Waals surface area contributed by atoms with Crippen molar-refractivity contribution in [1.82, 2.24) is 10.2 Å². The molecule has 0 saturated heterocycles. The van der Waals surface area contributed by atoms with Gasteiger partial charge in [-0.15, -0.1) is 0 Å². The van der Waals surface area contributed by atoms with E-state index in [-0.39, 0.29) is 24.5 Å². The van der Waals surface area contributed by atoms with E-state index in [1.54, 1.807) is 29.2 Å². The van der Waals surface area contributed by atoms with Crippen molar-refractivity contribution in [2.24, 2.45) is 0 Å². The van der Waals surface area contributed by atoms with Crippen LogP contribution >= 0.6 is 27.5 Å². The maximum absolute atomic E-state index is 13.6. The van der Waals surface area contributed by atoms with Crippen LogP contribution in [0.1, 0.15) is 36.8 Å². The standard InChI is InChI=1S/C29H30BrClN2O3/c30-23-12-10-22(11-13-23)19-33(28(34)20-36-26-16-14-24(31)15-17-26)27(18-21-6-2-1-3-7-21)29(35)32-25-8-4-5-9-25/h1-3,6-7,10-17,25,27H,4-5,8-9,18-20H2,(H,32,35)/t27-/m1/s1. The van der Waals surface area contributed by atoms with Gasteiger partial charge in [0.25, 0.3) is 5.91 Å².